The SMILES string of the molecule is Cc1ccc(N(CC(=O)N(Cc2cccc(Br)c2)[C@H](Cc2ccccc2)C(=O)NC(C)C)S(=O)(=O)c2ccccc2)cc1C. The molecule has 1 atom stereocenters. The summed E-state index contributed by atoms with van der Waals surface area (Å²) >= 11 is 3.51. The minimum Gasteiger partial charge on any atom is -0.352 e. The van der Waals surface area contributed by atoms with Crippen LogP contribution in [0.1, 0.15) is 36.1 Å². The molecule has 0 unspecified atom stereocenters. The molecule has 0 heterocycles. The van der Waals surface area contributed by atoms with Crippen LogP contribution in [0.15, 0.2) is 112 Å². The number of hydrogen-bond acceptors (Lipinski definition) is 4. The number of amides is 2. The third-order valence-corrected chi connectivity index (χ3v) is 9.61. The zero-order valence-corrected chi connectivity index (χ0v) is 27.8. The van der Waals surface area contributed by atoms with E-state index < -0.39 is 28.5 Å². The predicted molar refractivity (Wildman–Crippen MR) is 179 cm³/mol. The Balaban J connectivity index is 1.82. The van der Waals surface area contributed by atoms with Crippen molar-refractivity contribution in [3.05, 3.63) is 130 Å². The molecule has 0 aliphatic carbocycles. The van der Waals surface area contributed by atoms with Gasteiger partial charge in [0.05, 0.1) is 10.6 Å². The molecule has 0 aromatic heterocycles. The number of carbonyl (C=O) groups excluding carboxylic acids is 2. The van der Waals surface area contributed by atoms with Crippen LogP contribution in [0.5, 0.6) is 0 Å². The Morgan fingerprint density at radius 3 is 2.05 bits per heavy atom. The molecular weight excluding hydrogens is 638 g/mol. The van der Waals surface area contributed by atoms with Gasteiger partial charge in [-0.1, -0.05) is 82.7 Å². The molecule has 1 N–H and O–H groups in total. The third-order valence-electron chi connectivity index (χ3n) is 7.33. The lowest BCUT2D eigenvalue weighted by Crippen LogP contribution is -2.54. The number of sulfonamides is 1. The molecule has 4 aromatic rings. The summed E-state index contributed by atoms with van der Waals surface area (Å²) in [4.78, 5) is 29.8. The second-order valence-electron chi connectivity index (χ2n) is 11.1. The Morgan fingerprint density at radius 1 is 0.795 bits per heavy atom. The van der Waals surface area contributed by atoms with Crippen molar-refractivity contribution >= 4 is 43.5 Å². The van der Waals surface area contributed by atoms with Crippen molar-refractivity contribution in [1.82, 2.24) is 10.2 Å². The van der Waals surface area contributed by atoms with E-state index >= 15 is 0 Å². The largest absolute Gasteiger partial charge is 0.352 e. The first-order valence-corrected chi connectivity index (χ1v) is 16.7. The third kappa shape index (κ3) is 8.36. The normalized spacial score (nSPS) is 12.0. The standard InChI is InChI=1S/C35H38BrN3O4S/c1-25(2)37-35(41)33(22-28-12-7-5-8-13-28)38(23-29-14-11-15-30(36)21-29)34(40)24-39(31-19-18-26(3)27(4)20-31)44(42,43)32-16-9-6-10-17-32/h5-21,25,33H,22-24H2,1-4H3,(H,37,41)/t33-/m1/s1. The Morgan fingerprint density at radius 2 is 1.43 bits per heavy atom. The van der Waals surface area contributed by atoms with E-state index in [0.717, 1.165) is 31.0 Å². The first-order chi connectivity index (χ1) is 21.0. The Labute approximate surface area is 269 Å². The van der Waals surface area contributed by atoms with Crippen LogP contribution in [0, 0.1) is 13.8 Å². The lowest BCUT2D eigenvalue weighted by molar-refractivity contribution is -0.140. The van der Waals surface area contributed by atoms with E-state index in [4.69, 9.17) is 0 Å². The van der Waals surface area contributed by atoms with Crippen LogP contribution in [-0.2, 0) is 32.6 Å². The van der Waals surface area contributed by atoms with Gasteiger partial charge in [-0.25, -0.2) is 8.42 Å². The molecule has 7 nitrogen and oxygen atoms in total. The number of nitrogens with one attached hydrogen (secondary N) is 1. The van der Waals surface area contributed by atoms with E-state index in [2.05, 4.69) is 21.2 Å². The summed E-state index contributed by atoms with van der Waals surface area (Å²) in [6.45, 7) is 7.19. The number of nitrogens with zero attached hydrogens (tertiary/aromatic N) is 2. The van der Waals surface area contributed by atoms with Gasteiger partial charge in [0.1, 0.15) is 12.6 Å². The summed E-state index contributed by atoms with van der Waals surface area (Å²) in [5.41, 5.74) is 3.95. The van der Waals surface area contributed by atoms with Crippen LogP contribution in [0.3, 0.4) is 0 Å². The Hall–Kier alpha value is -3.95. The lowest BCUT2D eigenvalue weighted by atomic mass is 10.0. The summed E-state index contributed by atoms with van der Waals surface area (Å²) < 4.78 is 30.2. The monoisotopic (exact) mass is 675 g/mol. The van der Waals surface area contributed by atoms with Gasteiger partial charge >= 0.3 is 0 Å². The average molecular weight is 677 g/mol. The summed E-state index contributed by atoms with van der Waals surface area (Å²) in [7, 11) is -4.14. The number of rotatable bonds is 12. The molecule has 4 aromatic carbocycles. The zero-order valence-electron chi connectivity index (χ0n) is 25.4. The highest BCUT2D eigenvalue weighted by atomic mass is 79.9. The van der Waals surface area contributed by atoms with Crippen molar-refractivity contribution in [2.75, 3.05) is 10.8 Å². The van der Waals surface area contributed by atoms with Gasteiger partial charge in [0.25, 0.3) is 10.0 Å². The molecule has 9 heteroatoms. The van der Waals surface area contributed by atoms with Crippen LogP contribution < -0.4 is 9.62 Å². The lowest BCUT2D eigenvalue weighted by Gasteiger charge is -2.34. The predicted octanol–water partition coefficient (Wildman–Crippen LogP) is 6.43. The molecule has 0 spiro atoms. The first-order valence-electron chi connectivity index (χ1n) is 14.5. The minimum atomic E-state index is -4.14. The highest BCUT2D eigenvalue weighted by Crippen LogP contribution is 2.27. The van der Waals surface area contributed by atoms with Gasteiger partial charge < -0.3 is 10.2 Å². The highest BCUT2D eigenvalue weighted by Gasteiger charge is 2.35. The smallest absolute Gasteiger partial charge is 0.264 e. The number of hydrogen-bond donors (Lipinski definition) is 1. The number of carbonyl (C=O) groups is 2. The highest BCUT2D eigenvalue weighted by molar-refractivity contribution is 9.10. The number of halogens is 1. The summed E-state index contributed by atoms with van der Waals surface area (Å²) in [6.07, 6.45) is 0.258. The zero-order chi connectivity index (χ0) is 31.9. The van der Waals surface area contributed by atoms with Gasteiger partial charge in [-0.05, 0) is 86.3 Å². The summed E-state index contributed by atoms with van der Waals surface area (Å²) in [5, 5.41) is 2.98. The topological polar surface area (TPSA) is 86.8 Å². The second kappa shape index (κ2) is 14.7. The summed E-state index contributed by atoms with van der Waals surface area (Å²) in [5.74, 6) is -0.807. The van der Waals surface area contributed by atoms with Gasteiger partial charge in [0.2, 0.25) is 11.8 Å². The Bertz CT molecular complexity index is 1700. The van der Waals surface area contributed by atoms with Gasteiger partial charge in [-0.3, -0.25) is 13.9 Å². The maximum Gasteiger partial charge on any atom is 0.264 e. The maximum atomic E-state index is 14.5. The summed E-state index contributed by atoms with van der Waals surface area (Å²) in [6, 6.07) is 29.4. The molecule has 0 aliphatic rings. The molecule has 4 rings (SSSR count). The van der Waals surface area contributed by atoms with Crippen molar-refractivity contribution in [3.8, 4) is 0 Å². The second-order valence-corrected chi connectivity index (χ2v) is 13.9. The van der Waals surface area contributed by atoms with Gasteiger partial charge in [0, 0.05) is 23.5 Å². The van der Waals surface area contributed by atoms with E-state index in [9.17, 15) is 18.0 Å². The number of aryl methyl sites for hydroxylation is 2. The van der Waals surface area contributed by atoms with Crippen LogP contribution in [-0.4, -0.2) is 43.8 Å². The van der Waals surface area contributed by atoms with E-state index in [-0.39, 0.29) is 29.8 Å². The van der Waals surface area contributed by atoms with Gasteiger partial charge in [-0.2, -0.15) is 0 Å². The number of anilines is 1. The fourth-order valence-corrected chi connectivity index (χ4v) is 6.77. The average Bonchev–Trinajstić information content (AvgIpc) is 2.99. The van der Waals surface area contributed by atoms with Crippen molar-refractivity contribution in [1.29, 1.82) is 0 Å². The molecule has 0 saturated heterocycles. The van der Waals surface area contributed by atoms with E-state index in [0.29, 0.717) is 5.69 Å². The maximum absolute atomic E-state index is 14.5. The molecule has 230 valence electrons. The fraction of sp³-hybridized carbons (Fsp3) is 0.257. The molecule has 2 amide bonds. The van der Waals surface area contributed by atoms with E-state index in [1.54, 1.807) is 30.3 Å². The van der Waals surface area contributed by atoms with Crippen molar-refractivity contribution in [2.45, 2.75) is 57.6 Å². The van der Waals surface area contributed by atoms with E-state index in [1.807, 2.05) is 88.4 Å². The first kappa shape index (κ1) is 33.0. The van der Waals surface area contributed by atoms with Crippen molar-refractivity contribution in [3.63, 3.8) is 0 Å². The van der Waals surface area contributed by atoms with E-state index in [1.165, 1.54) is 17.0 Å². The molecule has 0 aliphatic heterocycles. The van der Waals surface area contributed by atoms with Crippen LogP contribution in [0.25, 0.3) is 0 Å². The molecule has 44 heavy (non-hydrogen) atoms. The van der Waals surface area contributed by atoms with Gasteiger partial charge in [-0.15, -0.1) is 0 Å². The molecule has 0 fully saturated rings. The molecule has 0 saturated carbocycles. The molecular formula is C35H38BrN3O4S. The van der Waals surface area contributed by atoms with Crippen molar-refractivity contribution in [2.24, 2.45) is 0 Å². The Kier molecular flexibility index (Phi) is 11.0. The molecule has 0 radical (unpaired) electrons. The van der Waals surface area contributed by atoms with Gasteiger partial charge in [0.15, 0.2) is 0 Å². The minimum absolute atomic E-state index is 0.0722. The fourth-order valence-electron chi connectivity index (χ4n) is 4.90. The van der Waals surface area contributed by atoms with Crippen LogP contribution in [0.4, 0.5) is 5.69 Å². The quantitative estimate of drug-likeness (QED) is 0.188. The molecule has 0 bridgehead atoms. The van der Waals surface area contributed by atoms with Crippen molar-refractivity contribution < 1.29 is 18.0 Å². The number of benzene rings is 4. The van der Waals surface area contributed by atoms with Crippen LogP contribution in [0.2, 0.25) is 0 Å². The van der Waals surface area contributed by atoms with Crippen LogP contribution >= 0.6 is 15.9 Å².